The molecule has 2 fully saturated rings. The van der Waals surface area contributed by atoms with E-state index >= 15 is 8.78 Å². The Morgan fingerprint density at radius 1 is 1.00 bits per heavy atom. The number of halogens is 3. The maximum atomic E-state index is 15.3. The van der Waals surface area contributed by atoms with Crippen LogP contribution in [0, 0.1) is 35.7 Å². The van der Waals surface area contributed by atoms with Crippen molar-refractivity contribution in [2.75, 3.05) is 18.4 Å². The minimum atomic E-state index is -4.37. The fourth-order valence-corrected chi connectivity index (χ4v) is 7.54. The van der Waals surface area contributed by atoms with Crippen LogP contribution < -0.4 is 10.6 Å². The Balaban J connectivity index is 1.37. The Morgan fingerprint density at radius 3 is 2.42 bits per heavy atom. The fraction of sp³-hybridized carbons (Fsp3) is 0.344. The van der Waals surface area contributed by atoms with E-state index in [9.17, 15) is 22.9 Å². The first-order chi connectivity index (χ1) is 21.5. The number of pyridine rings is 1. The predicted molar refractivity (Wildman–Crippen MR) is 163 cm³/mol. The number of likely N-dealkylation sites (tertiary alicyclic amines) is 1. The Hall–Kier alpha value is -4.57. The predicted octanol–water partition coefficient (Wildman–Crippen LogP) is 6.07. The van der Waals surface area contributed by atoms with E-state index in [0.717, 1.165) is 62.7 Å². The first-order valence-electron chi connectivity index (χ1n) is 14.8. The van der Waals surface area contributed by atoms with Crippen molar-refractivity contribution in [1.29, 1.82) is 5.26 Å². The van der Waals surface area contributed by atoms with Gasteiger partial charge in [-0.25, -0.2) is 35.3 Å². The lowest BCUT2D eigenvalue weighted by Crippen LogP contribution is -2.47. The standard InChI is InChI=1S/C32H31F3N6O3S/c1-19-7-9-24(10-8-19)45(43,44)41-18-26(25-14-21(33)15-27(34)30(25)41)29-20(17-36)13-28(35)31(39-29)37-22-5-4-6-23(16-22)38-32(42)40-11-2-3-12-40/h7-10,13-15,18,22-23H,2-6,11-12,16H2,1H3,(H,37,39)(H,38,42). The van der Waals surface area contributed by atoms with Gasteiger partial charge in [0.25, 0.3) is 10.0 Å². The first kappa shape index (κ1) is 30.5. The summed E-state index contributed by atoms with van der Waals surface area (Å²) < 4.78 is 73.2. The molecule has 13 heteroatoms. The van der Waals surface area contributed by atoms with Gasteiger partial charge >= 0.3 is 6.03 Å². The molecule has 0 bridgehead atoms. The summed E-state index contributed by atoms with van der Waals surface area (Å²) >= 11 is 0. The quantitative estimate of drug-likeness (QED) is 0.265. The average molecular weight is 637 g/mol. The van der Waals surface area contributed by atoms with E-state index in [0.29, 0.717) is 22.9 Å². The number of nitriles is 1. The van der Waals surface area contributed by atoms with Gasteiger partial charge in [0, 0.05) is 48.4 Å². The van der Waals surface area contributed by atoms with E-state index in [4.69, 9.17) is 0 Å². The molecule has 1 aliphatic heterocycles. The Bertz CT molecular complexity index is 1930. The Kier molecular flexibility index (Phi) is 8.18. The summed E-state index contributed by atoms with van der Waals surface area (Å²) in [6.45, 7) is 3.23. The number of rotatable bonds is 6. The van der Waals surface area contributed by atoms with E-state index in [1.807, 2.05) is 6.07 Å². The van der Waals surface area contributed by atoms with Gasteiger partial charge in [-0.1, -0.05) is 17.7 Å². The highest BCUT2D eigenvalue weighted by Crippen LogP contribution is 2.37. The minimum absolute atomic E-state index is 0.0573. The molecular formula is C32H31F3N6O3S. The Morgan fingerprint density at radius 2 is 1.71 bits per heavy atom. The van der Waals surface area contributed by atoms with Crippen LogP contribution in [0.2, 0.25) is 0 Å². The van der Waals surface area contributed by atoms with Crippen molar-refractivity contribution in [1.82, 2.24) is 19.2 Å². The lowest BCUT2D eigenvalue weighted by molar-refractivity contribution is 0.199. The highest BCUT2D eigenvalue weighted by molar-refractivity contribution is 7.90. The van der Waals surface area contributed by atoms with Gasteiger partial charge < -0.3 is 15.5 Å². The molecule has 4 aromatic rings. The second-order valence-corrected chi connectivity index (χ2v) is 13.4. The summed E-state index contributed by atoms with van der Waals surface area (Å²) in [7, 11) is -4.37. The number of amides is 2. The van der Waals surface area contributed by atoms with Crippen LogP contribution in [0.5, 0.6) is 0 Å². The van der Waals surface area contributed by atoms with Gasteiger partial charge in [-0.2, -0.15) is 5.26 Å². The number of urea groups is 1. The second-order valence-electron chi connectivity index (χ2n) is 11.6. The largest absolute Gasteiger partial charge is 0.365 e. The van der Waals surface area contributed by atoms with Crippen LogP contribution >= 0.6 is 0 Å². The molecule has 1 aliphatic carbocycles. The van der Waals surface area contributed by atoms with Gasteiger partial charge in [-0.05, 0) is 69.7 Å². The van der Waals surface area contributed by atoms with Gasteiger partial charge in [0.05, 0.1) is 16.2 Å². The second kappa shape index (κ2) is 12.1. The van der Waals surface area contributed by atoms with E-state index in [1.54, 1.807) is 24.0 Å². The molecule has 2 aromatic carbocycles. The van der Waals surface area contributed by atoms with E-state index in [2.05, 4.69) is 15.6 Å². The lowest BCUT2D eigenvalue weighted by Gasteiger charge is -2.32. The number of carbonyl (C=O) groups excluding carboxylic acids is 1. The van der Waals surface area contributed by atoms with Crippen LogP contribution in [0.3, 0.4) is 0 Å². The summed E-state index contributed by atoms with van der Waals surface area (Å²) in [4.78, 5) is 18.7. The molecule has 2 aliphatic rings. The summed E-state index contributed by atoms with van der Waals surface area (Å²) in [5, 5.41) is 15.9. The molecule has 1 saturated heterocycles. The highest BCUT2D eigenvalue weighted by atomic mass is 32.2. The third-order valence-corrected chi connectivity index (χ3v) is 10.1. The molecule has 6 rings (SSSR count). The van der Waals surface area contributed by atoms with Crippen molar-refractivity contribution in [3.8, 4) is 17.3 Å². The van der Waals surface area contributed by atoms with E-state index in [-0.39, 0.29) is 51.0 Å². The van der Waals surface area contributed by atoms with E-state index < -0.39 is 33.0 Å². The third kappa shape index (κ3) is 5.94. The first-order valence-corrected chi connectivity index (χ1v) is 16.2. The Labute approximate surface area is 258 Å². The zero-order valence-corrected chi connectivity index (χ0v) is 25.3. The molecule has 2 unspecified atom stereocenters. The number of nitrogens with one attached hydrogen (secondary N) is 2. The SMILES string of the molecule is Cc1ccc(S(=O)(=O)n2cc(-c3nc(NC4CCCC(NC(=O)N5CCCC5)C4)c(F)cc3C#N)c3cc(F)cc(F)c32)cc1. The van der Waals surface area contributed by atoms with Crippen molar-refractivity contribution in [3.05, 3.63) is 77.2 Å². The number of fused-ring (bicyclic) bond motifs is 1. The number of hydrogen-bond donors (Lipinski definition) is 2. The summed E-state index contributed by atoms with van der Waals surface area (Å²) in [5.41, 5.74) is -0.0518. The van der Waals surface area contributed by atoms with Crippen LogP contribution in [0.1, 0.15) is 49.7 Å². The number of benzene rings is 2. The number of anilines is 1. The van der Waals surface area contributed by atoms with Crippen molar-refractivity contribution < 1.29 is 26.4 Å². The molecule has 2 aromatic heterocycles. The molecule has 45 heavy (non-hydrogen) atoms. The molecule has 2 atom stereocenters. The summed E-state index contributed by atoms with van der Waals surface area (Å²) in [6, 6.07) is 9.82. The van der Waals surface area contributed by atoms with Crippen molar-refractivity contribution >= 4 is 32.8 Å². The zero-order chi connectivity index (χ0) is 31.9. The number of aryl methyl sites for hydroxylation is 1. The lowest BCUT2D eigenvalue weighted by atomic mass is 9.91. The zero-order valence-electron chi connectivity index (χ0n) is 24.5. The molecule has 2 N–H and O–H groups in total. The number of aromatic nitrogens is 2. The van der Waals surface area contributed by atoms with E-state index in [1.165, 1.54) is 12.1 Å². The molecule has 3 heterocycles. The topological polar surface area (TPSA) is 120 Å². The van der Waals surface area contributed by atoms with Crippen molar-refractivity contribution in [3.63, 3.8) is 0 Å². The van der Waals surface area contributed by atoms with Crippen LogP contribution in [-0.2, 0) is 10.0 Å². The maximum Gasteiger partial charge on any atom is 0.317 e. The number of nitrogens with zero attached hydrogens (tertiary/aromatic N) is 4. The van der Waals surface area contributed by atoms with Gasteiger partial charge in [0.2, 0.25) is 0 Å². The van der Waals surface area contributed by atoms with Crippen LogP contribution in [0.4, 0.5) is 23.8 Å². The van der Waals surface area contributed by atoms with Gasteiger partial charge in [0.15, 0.2) is 17.5 Å². The minimum Gasteiger partial charge on any atom is -0.365 e. The number of carbonyl (C=O) groups is 1. The van der Waals surface area contributed by atoms with Crippen molar-refractivity contribution in [2.45, 2.75) is 62.4 Å². The molecule has 1 saturated carbocycles. The smallest absolute Gasteiger partial charge is 0.317 e. The summed E-state index contributed by atoms with van der Waals surface area (Å²) in [5.74, 6) is -3.10. The third-order valence-electron chi connectivity index (χ3n) is 8.45. The average Bonchev–Trinajstić information content (AvgIpc) is 3.68. The maximum absolute atomic E-state index is 15.3. The fourth-order valence-electron chi connectivity index (χ4n) is 6.16. The van der Waals surface area contributed by atoms with Gasteiger partial charge in [-0.15, -0.1) is 0 Å². The normalized spacial score (nSPS) is 18.6. The molecule has 0 radical (unpaired) electrons. The highest BCUT2D eigenvalue weighted by Gasteiger charge is 2.29. The molecular weight excluding hydrogens is 605 g/mol. The summed E-state index contributed by atoms with van der Waals surface area (Å²) in [6.07, 6.45) is 5.78. The molecule has 0 spiro atoms. The van der Waals surface area contributed by atoms with Crippen molar-refractivity contribution in [2.24, 2.45) is 0 Å². The monoisotopic (exact) mass is 636 g/mol. The van der Waals surface area contributed by atoms with Crippen LogP contribution in [0.15, 0.2) is 53.6 Å². The van der Waals surface area contributed by atoms with Gasteiger partial charge in [0.1, 0.15) is 17.4 Å². The molecule has 2 amide bonds. The number of hydrogen-bond acceptors (Lipinski definition) is 6. The molecule has 234 valence electrons. The molecule has 9 nitrogen and oxygen atoms in total. The van der Waals surface area contributed by atoms with Crippen LogP contribution in [0.25, 0.3) is 22.2 Å². The van der Waals surface area contributed by atoms with Gasteiger partial charge in [-0.3, -0.25) is 0 Å². The van der Waals surface area contributed by atoms with Crippen LogP contribution in [-0.4, -0.2) is 53.5 Å².